The van der Waals surface area contributed by atoms with Crippen molar-refractivity contribution in [2.45, 2.75) is 77.0 Å². The zero-order chi connectivity index (χ0) is 21.8. The Kier molecular flexibility index (Phi) is 7.59. The molecule has 0 radical (unpaired) electrons. The topological polar surface area (TPSA) is 78.5 Å². The molecule has 6 nitrogen and oxygen atoms in total. The molecule has 0 amide bonds. The van der Waals surface area contributed by atoms with Crippen LogP contribution in [0.25, 0.3) is 10.2 Å². The van der Waals surface area contributed by atoms with E-state index in [1.807, 2.05) is 0 Å². The molecule has 2 aromatic rings. The van der Waals surface area contributed by atoms with Gasteiger partial charge in [0.1, 0.15) is 10.7 Å². The van der Waals surface area contributed by atoms with Crippen molar-refractivity contribution < 1.29 is 9.84 Å². The molecule has 0 spiro atoms. The number of aromatic nitrogens is 2. The van der Waals surface area contributed by atoms with Gasteiger partial charge in [0, 0.05) is 17.5 Å². The van der Waals surface area contributed by atoms with E-state index >= 15 is 0 Å². The van der Waals surface area contributed by atoms with Crippen molar-refractivity contribution in [3.8, 4) is 0 Å². The molecule has 2 atom stereocenters. The summed E-state index contributed by atoms with van der Waals surface area (Å²) in [5.74, 6) is 1.37. The van der Waals surface area contributed by atoms with Crippen LogP contribution in [0.2, 0.25) is 0 Å². The normalized spacial score (nSPS) is 20.8. The molecule has 7 heteroatoms. The van der Waals surface area contributed by atoms with Crippen molar-refractivity contribution in [2.75, 3.05) is 19.8 Å². The van der Waals surface area contributed by atoms with E-state index in [9.17, 15) is 9.90 Å². The standard InChI is InChI=1S/C24H35N3O3S/c1-3-11-30-15-18(28)13-27(17-7-5-4-6-8-17)14-21-25-23(29)22-19-10-9-16(2)12-20(19)31-24(22)26-21/h3,16-18,28H,1,4-15H2,2H3,(H,25,26,29)/t16-,18+/m0/s1. The van der Waals surface area contributed by atoms with E-state index < -0.39 is 6.10 Å². The maximum absolute atomic E-state index is 13.0. The van der Waals surface area contributed by atoms with Gasteiger partial charge >= 0.3 is 0 Å². The van der Waals surface area contributed by atoms with Gasteiger partial charge in [-0.25, -0.2) is 4.98 Å². The van der Waals surface area contributed by atoms with E-state index in [1.54, 1.807) is 17.4 Å². The van der Waals surface area contributed by atoms with E-state index in [0.29, 0.717) is 37.5 Å². The fourth-order valence-electron chi connectivity index (χ4n) is 5.06. The molecule has 1 saturated carbocycles. The number of rotatable bonds is 9. The van der Waals surface area contributed by atoms with Gasteiger partial charge in [-0.1, -0.05) is 32.3 Å². The zero-order valence-electron chi connectivity index (χ0n) is 18.6. The number of thiophene rings is 1. The first-order valence-electron chi connectivity index (χ1n) is 11.7. The van der Waals surface area contributed by atoms with Gasteiger partial charge in [-0.05, 0) is 43.6 Å². The van der Waals surface area contributed by atoms with Gasteiger partial charge in [-0.15, -0.1) is 17.9 Å². The number of nitrogens with one attached hydrogen (secondary N) is 1. The van der Waals surface area contributed by atoms with E-state index in [1.165, 1.54) is 29.7 Å². The highest BCUT2D eigenvalue weighted by Gasteiger charge is 2.26. The molecular weight excluding hydrogens is 410 g/mol. The van der Waals surface area contributed by atoms with Crippen LogP contribution in [-0.4, -0.2) is 51.9 Å². The molecule has 170 valence electrons. The Morgan fingerprint density at radius 2 is 2.16 bits per heavy atom. The molecule has 2 N–H and O–H groups in total. The third-order valence-electron chi connectivity index (χ3n) is 6.65. The first-order valence-corrected chi connectivity index (χ1v) is 12.5. The SMILES string of the molecule is C=CCOC[C@H](O)CN(Cc1nc2sc3c(c2c(=O)[nH]1)CC[C@H](C)C3)C1CCCCC1. The molecule has 1 fully saturated rings. The van der Waals surface area contributed by atoms with Crippen molar-refractivity contribution in [2.24, 2.45) is 5.92 Å². The van der Waals surface area contributed by atoms with Gasteiger partial charge in [0.2, 0.25) is 0 Å². The van der Waals surface area contributed by atoms with Crippen LogP contribution >= 0.6 is 11.3 Å². The molecule has 31 heavy (non-hydrogen) atoms. The number of aromatic amines is 1. The Bertz CT molecular complexity index is 947. The van der Waals surface area contributed by atoms with Crippen molar-refractivity contribution in [3.63, 3.8) is 0 Å². The number of aliphatic hydroxyl groups is 1. The second-order valence-corrected chi connectivity index (χ2v) is 10.3. The number of aryl methyl sites for hydroxylation is 1. The Balaban J connectivity index is 1.55. The third kappa shape index (κ3) is 5.45. The lowest BCUT2D eigenvalue weighted by molar-refractivity contribution is 0.00880. The molecular formula is C24H35N3O3S. The van der Waals surface area contributed by atoms with Gasteiger partial charge < -0.3 is 14.8 Å². The molecule has 2 aliphatic carbocycles. The van der Waals surface area contributed by atoms with Gasteiger partial charge in [0.25, 0.3) is 5.56 Å². The molecule has 2 aliphatic rings. The summed E-state index contributed by atoms with van der Waals surface area (Å²) in [6.07, 6.45) is 10.2. The Labute approximate surface area is 188 Å². The molecule has 0 unspecified atom stereocenters. The first-order chi connectivity index (χ1) is 15.0. The molecule has 0 bridgehead atoms. The van der Waals surface area contributed by atoms with Crippen LogP contribution in [0.3, 0.4) is 0 Å². The van der Waals surface area contributed by atoms with Crippen LogP contribution in [-0.2, 0) is 24.1 Å². The summed E-state index contributed by atoms with van der Waals surface area (Å²) < 4.78 is 5.45. The van der Waals surface area contributed by atoms with E-state index in [2.05, 4.69) is 23.4 Å². The number of hydrogen-bond acceptors (Lipinski definition) is 6. The number of fused-ring (bicyclic) bond motifs is 3. The van der Waals surface area contributed by atoms with Gasteiger partial charge in [-0.2, -0.15) is 0 Å². The second-order valence-electron chi connectivity index (χ2n) is 9.25. The zero-order valence-corrected chi connectivity index (χ0v) is 19.4. The molecule has 2 aromatic heterocycles. The van der Waals surface area contributed by atoms with Crippen molar-refractivity contribution in [3.05, 3.63) is 39.3 Å². The summed E-state index contributed by atoms with van der Waals surface area (Å²) in [6.45, 7) is 7.72. The minimum atomic E-state index is -0.576. The van der Waals surface area contributed by atoms with Crippen molar-refractivity contribution in [1.82, 2.24) is 14.9 Å². The van der Waals surface area contributed by atoms with Gasteiger partial charge in [-0.3, -0.25) is 9.69 Å². The predicted molar refractivity (Wildman–Crippen MR) is 126 cm³/mol. The molecule has 0 aromatic carbocycles. The summed E-state index contributed by atoms with van der Waals surface area (Å²) in [4.78, 5) is 25.4. The molecule has 2 heterocycles. The lowest BCUT2D eigenvalue weighted by atomic mass is 9.89. The lowest BCUT2D eigenvalue weighted by Crippen LogP contribution is -2.43. The fourth-order valence-corrected chi connectivity index (χ4v) is 6.46. The fraction of sp³-hybridized carbons (Fsp3) is 0.667. The second kappa shape index (κ2) is 10.4. The Hall–Kier alpha value is -1.54. The minimum Gasteiger partial charge on any atom is -0.389 e. The van der Waals surface area contributed by atoms with Crippen molar-refractivity contribution >= 4 is 21.6 Å². The largest absolute Gasteiger partial charge is 0.389 e. The lowest BCUT2D eigenvalue weighted by Gasteiger charge is -2.35. The number of H-pyrrole nitrogens is 1. The van der Waals surface area contributed by atoms with Crippen LogP contribution in [0, 0.1) is 5.92 Å². The smallest absolute Gasteiger partial charge is 0.259 e. The number of aliphatic hydroxyl groups excluding tert-OH is 1. The number of ether oxygens (including phenoxy) is 1. The minimum absolute atomic E-state index is 0.00879. The van der Waals surface area contributed by atoms with Crippen LogP contribution < -0.4 is 5.56 Å². The maximum Gasteiger partial charge on any atom is 0.259 e. The van der Waals surface area contributed by atoms with Crippen LogP contribution in [0.4, 0.5) is 0 Å². The van der Waals surface area contributed by atoms with E-state index in [0.717, 1.165) is 42.3 Å². The highest BCUT2D eigenvalue weighted by molar-refractivity contribution is 7.18. The molecule has 0 saturated heterocycles. The highest BCUT2D eigenvalue weighted by Crippen LogP contribution is 2.35. The van der Waals surface area contributed by atoms with E-state index in [-0.39, 0.29) is 12.2 Å². The van der Waals surface area contributed by atoms with Crippen molar-refractivity contribution in [1.29, 1.82) is 0 Å². The van der Waals surface area contributed by atoms with Gasteiger partial charge in [0.05, 0.1) is 31.2 Å². The highest BCUT2D eigenvalue weighted by atomic mass is 32.1. The third-order valence-corrected chi connectivity index (χ3v) is 7.80. The summed E-state index contributed by atoms with van der Waals surface area (Å²) in [5.41, 5.74) is 1.21. The quantitative estimate of drug-likeness (QED) is 0.453. The van der Waals surface area contributed by atoms with E-state index in [4.69, 9.17) is 9.72 Å². The average Bonchev–Trinajstić information content (AvgIpc) is 3.12. The first kappa shape index (κ1) is 22.6. The monoisotopic (exact) mass is 445 g/mol. The van der Waals surface area contributed by atoms with Crippen LogP contribution in [0.1, 0.15) is 61.7 Å². The van der Waals surface area contributed by atoms with Crippen LogP contribution in [0.15, 0.2) is 17.4 Å². The number of nitrogens with zero attached hydrogens (tertiary/aromatic N) is 2. The molecule has 0 aliphatic heterocycles. The Morgan fingerprint density at radius 1 is 1.35 bits per heavy atom. The molecule has 4 rings (SSSR count). The summed E-state index contributed by atoms with van der Waals surface area (Å²) in [6, 6.07) is 0.404. The summed E-state index contributed by atoms with van der Waals surface area (Å²) >= 11 is 1.69. The van der Waals surface area contributed by atoms with Gasteiger partial charge in [0.15, 0.2) is 0 Å². The average molecular weight is 446 g/mol. The number of hydrogen-bond donors (Lipinski definition) is 2. The maximum atomic E-state index is 13.0. The Morgan fingerprint density at radius 3 is 2.94 bits per heavy atom. The summed E-state index contributed by atoms with van der Waals surface area (Å²) in [7, 11) is 0. The predicted octanol–water partition coefficient (Wildman–Crippen LogP) is 3.81. The van der Waals surface area contributed by atoms with Crippen LogP contribution in [0.5, 0.6) is 0 Å². The summed E-state index contributed by atoms with van der Waals surface area (Å²) in [5, 5.41) is 11.3.